The Balaban J connectivity index is 1.86. The van der Waals surface area contributed by atoms with Crippen molar-refractivity contribution in [2.45, 2.75) is 64.2 Å². The molecule has 2 bridgehead atoms. The first-order chi connectivity index (χ1) is 19.0. The quantitative estimate of drug-likeness (QED) is 0.383. The molecule has 1 N–H and O–H groups in total. The summed E-state index contributed by atoms with van der Waals surface area (Å²) in [5, 5.41) is 10.1. The summed E-state index contributed by atoms with van der Waals surface area (Å²) >= 11 is 6.62. The van der Waals surface area contributed by atoms with Gasteiger partial charge in [-0.2, -0.15) is 0 Å². The molecule has 3 saturated heterocycles. The van der Waals surface area contributed by atoms with Gasteiger partial charge >= 0.3 is 0 Å². The third-order valence-electron chi connectivity index (χ3n) is 9.06. The van der Waals surface area contributed by atoms with Gasteiger partial charge in [0.2, 0.25) is 11.8 Å². The van der Waals surface area contributed by atoms with E-state index in [1.807, 2.05) is 39.8 Å². The number of halogens is 1. The van der Waals surface area contributed by atoms with Gasteiger partial charge in [-0.3, -0.25) is 14.4 Å². The van der Waals surface area contributed by atoms with Crippen molar-refractivity contribution < 1.29 is 24.2 Å². The molecular weight excluding hydrogens is 530 g/mol. The average molecular weight is 572 g/mol. The summed E-state index contributed by atoms with van der Waals surface area (Å²) < 4.78 is 6.86. The second-order valence-electron chi connectivity index (χ2n) is 11.5. The fraction of sp³-hybridized carbons (Fsp3) is 0.581. The minimum absolute atomic E-state index is 0.0688. The highest BCUT2D eigenvalue weighted by molar-refractivity contribution is 6.34. The summed E-state index contributed by atoms with van der Waals surface area (Å²) in [7, 11) is 0. The predicted octanol–water partition coefficient (Wildman–Crippen LogP) is 3.99. The van der Waals surface area contributed by atoms with Crippen LogP contribution in [-0.2, 0) is 19.1 Å². The van der Waals surface area contributed by atoms with E-state index in [1.165, 1.54) is 0 Å². The highest BCUT2D eigenvalue weighted by Gasteiger charge is 2.80. The number of para-hydroxylation sites is 1. The molecule has 0 saturated carbocycles. The third kappa shape index (κ3) is 4.58. The van der Waals surface area contributed by atoms with Gasteiger partial charge in [-0.05, 0) is 50.7 Å². The lowest BCUT2D eigenvalue weighted by Crippen LogP contribution is -2.57. The van der Waals surface area contributed by atoms with Gasteiger partial charge in [-0.15, -0.1) is 13.2 Å². The zero-order valence-electron chi connectivity index (χ0n) is 24.1. The van der Waals surface area contributed by atoms with E-state index in [0.717, 1.165) is 12.0 Å². The number of benzene rings is 1. The number of likely N-dealkylation sites (tertiary alicyclic amines) is 1. The number of nitrogens with zero attached hydrogens (tertiary/aromatic N) is 3. The molecule has 40 heavy (non-hydrogen) atoms. The molecule has 8 nitrogen and oxygen atoms in total. The Morgan fingerprint density at radius 1 is 1.25 bits per heavy atom. The molecular formula is C31H42ClN3O5. The van der Waals surface area contributed by atoms with Gasteiger partial charge in [-0.1, -0.05) is 49.7 Å². The molecule has 3 aliphatic heterocycles. The summed E-state index contributed by atoms with van der Waals surface area (Å²) in [6, 6.07) is 4.46. The van der Waals surface area contributed by atoms with E-state index >= 15 is 0 Å². The topological polar surface area (TPSA) is 90.4 Å². The zero-order valence-corrected chi connectivity index (χ0v) is 24.8. The summed E-state index contributed by atoms with van der Waals surface area (Å²) in [6.07, 6.45) is 4.86. The number of carbonyl (C=O) groups is 3. The van der Waals surface area contributed by atoms with E-state index in [4.69, 9.17) is 16.3 Å². The predicted molar refractivity (Wildman–Crippen MR) is 156 cm³/mol. The monoisotopic (exact) mass is 571 g/mol. The lowest BCUT2D eigenvalue weighted by Gasteiger charge is -2.39. The molecule has 0 radical (unpaired) electrons. The summed E-state index contributed by atoms with van der Waals surface area (Å²) in [5.41, 5.74) is -0.718. The molecule has 218 valence electrons. The Bertz CT molecular complexity index is 1170. The average Bonchev–Trinajstić information content (AvgIpc) is 3.42. The van der Waals surface area contributed by atoms with Crippen LogP contribution >= 0.6 is 11.6 Å². The van der Waals surface area contributed by atoms with Gasteiger partial charge in [0.1, 0.15) is 11.6 Å². The summed E-state index contributed by atoms with van der Waals surface area (Å²) in [4.78, 5) is 48.0. The van der Waals surface area contributed by atoms with E-state index < -0.39 is 29.1 Å². The Kier molecular flexibility index (Phi) is 8.83. The first-order valence-corrected chi connectivity index (χ1v) is 14.6. The zero-order chi connectivity index (χ0) is 29.4. The molecule has 1 aromatic carbocycles. The van der Waals surface area contributed by atoms with Crippen molar-refractivity contribution in [3.05, 3.63) is 54.1 Å². The van der Waals surface area contributed by atoms with Crippen LogP contribution in [0.3, 0.4) is 0 Å². The van der Waals surface area contributed by atoms with Crippen molar-refractivity contribution in [1.29, 1.82) is 0 Å². The normalized spacial score (nSPS) is 30.4. The molecule has 1 spiro atoms. The van der Waals surface area contributed by atoms with Crippen LogP contribution in [0.5, 0.6) is 0 Å². The van der Waals surface area contributed by atoms with Crippen LogP contribution in [0.2, 0.25) is 5.02 Å². The molecule has 1 aromatic rings. The van der Waals surface area contributed by atoms with Crippen molar-refractivity contribution in [1.82, 2.24) is 9.80 Å². The Morgan fingerprint density at radius 3 is 2.55 bits per heavy atom. The van der Waals surface area contributed by atoms with E-state index in [1.54, 1.807) is 32.9 Å². The van der Waals surface area contributed by atoms with Gasteiger partial charge in [-0.25, -0.2) is 0 Å². The van der Waals surface area contributed by atoms with Crippen LogP contribution in [0.1, 0.15) is 45.6 Å². The van der Waals surface area contributed by atoms with Gasteiger partial charge in [0.05, 0.1) is 28.1 Å². The van der Waals surface area contributed by atoms with Gasteiger partial charge in [0, 0.05) is 32.8 Å². The number of aliphatic hydroxyl groups excluding tert-OH is 1. The minimum Gasteiger partial charge on any atom is -0.396 e. The second-order valence-corrected chi connectivity index (χ2v) is 11.9. The molecule has 9 heteroatoms. The van der Waals surface area contributed by atoms with E-state index in [2.05, 4.69) is 13.2 Å². The number of hydrogen-bond donors (Lipinski definition) is 1. The molecule has 3 fully saturated rings. The molecule has 0 aliphatic carbocycles. The highest BCUT2D eigenvalue weighted by Crippen LogP contribution is 2.65. The lowest BCUT2D eigenvalue weighted by atomic mass is 9.62. The van der Waals surface area contributed by atoms with Gasteiger partial charge in [0.25, 0.3) is 5.91 Å². The van der Waals surface area contributed by atoms with Crippen molar-refractivity contribution in [3.8, 4) is 0 Å². The summed E-state index contributed by atoms with van der Waals surface area (Å²) in [5.74, 6) is -2.36. The van der Waals surface area contributed by atoms with Crippen LogP contribution < -0.4 is 4.90 Å². The molecule has 4 rings (SSSR count). The molecule has 3 heterocycles. The maximum Gasteiger partial charge on any atom is 0.253 e. The Morgan fingerprint density at radius 2 is 1.95 bits per heavy atom. The van der Waals surface area contributed by atoms with Crippen LogP contribution in [0.4, 0.5) is 5.69 Å². The van der Waals surface area contributed by atoms with Crippen molar-refractivity contribution in [2.75, 3.05) is 37.7 Å². The molecule has 6 atom stereocenters. The number of ether oxygens (including phenoxy) is 1. The van der Waals surface area contributed by atoms with Crippen molar-refractivity contribution in [3.63, 3.8) is 0 Å². The smallest absolute Gasteiger partial charge is 0.253 e. The Hall–Kier alpha value is -2.68. The number of fused-ring (bicyclic) bond motifs is 1. The standard InChI is InChI=1S/C31H42ClN3O5/c1-7-14-33(15-8-2)27(37)23-24-28(38)35(17-11-18-36)26(31(24)19-21(5)30(23,6)40-31)29(39)34(16-9-3)25-20(4)12-10-13-22(25)32/h7,9-10,12-13,21,23-24,26,36H,1,3,8,11,14-19H2,2,4-6H3/t21?,23-,24+,26?,30+,31?/m1/s1. The summed E-state index contributed by atoms with van der Waals surface area (Å²) in [6.45, 7) is 16.6. The number of carbonyl (C=O) groups excluding carboxylic acids is 3. The van der Waals surface area contributed by atoms with Gasteiger partial charge < -0.3 is 24.5 Å². The number of amides is 3. The third-order valence-corrected chi connectivity index (χ3v) is 9.37. The number of aliphatic hydroxyl groups is 1. The van der Waals surface area contributed by atoms with Crippen LogP contribution in [0, 0.1) is 24.7 Å². The molecule has 3 amide bonds. The first-order valence-electron chi connectivity index (χ1n) is 14.2. The van der Waals surface area contributed by atoms with E-state index in [0.29, 0.717) is 36.6 Å². The second kappa shape index (κ2) is 11.7. The molecule has 3 unspecified atom stereocenters. The van der Waals surface area contributed by atoms with Crippen molar-refractivity contribution >= 4 is 35.0 Å². The number of aryl methyl sites for hydroxylation is 1. The SMILES string of the molecule is C=CCN(CCC)C(=O)[C@H]1[C@H]2C(=O)N(CCCO)C(C(=O)N(CC=C)c3c(C)cccc3Cl)C23CC(C)[C@]1(C)O3. The maximum atomic E-state index is 14.7. The van der Waals surface area contributed by atoms with Gasteiger partial charge in [0.15, 0.2) is 0 Å². The molecule has 0 aromatic heterocycles. The number of hydrogen-bond acceptors (Lipinski definition) is 5. The number of anilines is 1. The Labute approximate surface area is 242 Å². The lowest BCUT2D eigenvalue weighted by molar-refractivity contribution is -0.151. The van der Waals surface area contributed by atoms with Crippen molar-refractivity contribution in [2.24, 2.45) is 17.8 Å². The van der Waals surface area contributed by atoms with Crippen LogP contribution in [-0.4, -0.2) is 82.7 Å². The fourth-order valence-electron chi connectivity index (χ4n) is 7.32. The van der Waals surface area contributed by atoms with Crippen LogP contribution in [0.15, 0.2) is 43.5 Å². The van der Waals surface area contributed by atoms with E-state index in [-0.39, 0.29) is 43.3 Å². The van der Waals surface area contributed by atoms with Crippen LogP contribution in [0.25, 0.3) is 0 Å². The number of rotatable bonds is 12. The molecule has 3 aliphatic rings. The fourth-order valence-corrected chi connectivity index (χ4v) is 7.65. The maximum absolute atomic E-state index is 14.7. The largest absolute Gasteiger partial charge is 0.396 e. The minimum atomic E-state index is -1.18. The first kappa shape index (κ1) is 30.3. The highest BCUT2D eigenvalue weighted by atomic mass is 35.5. The van der Waals surface area contributed by atoms with E-state index in [9.17, 15) is 19.5 Å².